The number of likely N-dealkylation sites (tertiary alicyclic amines) is 1. The molecule has 3 amide bonds. The van der Waals surface area contributed by atoms with Crippen LogP contribution in [0.2, 0.25) is 0 Å². The Morgan fingerprint density at radius 2 is 2.18 bits per heavy atom. The number of likely N-dealkylation sites (N-methyl/N-ethyl adjacent to an activating group) is 1. The molecular formula is C16H20FN3O2. The van der Waals surface area contributed by atoms with E-state index < -0.39 is 0 Å². The number of halogens is 1. The first-order valence-corrected chi connectivity index (χ1v) is 7.59. The highest BCUT2D eigenvalue weighted by atomic mass is 19.1. The smallest absolute Gasteiger partial charge is 0.315 e. The Morgan fingerprint density at radius 3 is 2.91 bits per heavy atom. The minimum Gasteiger partial charge on any atom is -0.344 e. The topological polar surface area (TPSA) is 61.4 Å². The molecule has 2 N–H and O–H groups in total. The van der Waals surface area contributed by atoms with Crippen LogP contribution in [0.15, 0.2) is 24.3 Å². The molecule has 0 unspecified atom stereocenters. The van der Waals surface area contributed by atoms with E-state index in [2.05, 4.69) is 10.6 Å². The predicted octanol–water partition coefficient (Wildman–Crippen LogP) is 1.60. The monoisotopic (exact) mass is 305 g/mol. The van der Waals surface area contributed by atoms with E-state index in [0.717, 1.165) is 12.0 Å². The van der Waals surface area contributed by atoms with Gasteiger partial charge in [-0.05, 0) is 30.5 Å². The molecule has 1 saturated carbocycles. The van der Waals surface area contributed by atoms with Crippen molar-refractivity contribution in [2.75, 3.05) is 13.6 Å². The first-order valence-electron chi connectivity index (χ1n) is 7.59. The average Bonchev–Trinajstić information content (AvgIpc) is 3.22. The molecule has 1 saturated heterocycles. The lowest BCUT2D eigenvalue weighted by molar-refractivity contribution is -0.132. The maximum absolute atomic E-state index is 13.2. The van der Waals surface area contributed by atoms with Crippen LogP contribution in [0.5, 0.6) is 0 Å². The van der Waals surface area contributed by atoms with E-state index in [-0.39, 0.29) is 35.8 Å². The summed E-state index contributed by atoms with van der Waals surface area (Å²) in [6.45, 7) is 0.546. The Balaban J connectivity index is 1.47. The average molecular weight is 305 g/mol. The molecule has 3 rings (SSSR count). The molecule has 1 aromatic carbocycles. The summed E-state index contributed by atoms with van der Waals surface area (Å²) in [5, 5.41) is 5.83. The van der Waals surface area contributed by atoms with Gasteiger partial charge in [-0.15, -0.1) is 0 Å². The molecule has 6 heteroatoms. The maximum atomic E-state index is 13.2. The number of amides is 3. The van der Waals surface area contributed by atoms with Crippen LogP contribution in [0.25, 0.3) is 0 Å². The molecule has 1 aliphatic carbocycles. The molecule has 22 heavy (non-hydrogen) atoms. The number of hydrogen-bond donors (Lipinski definition) is 2. The van der Waals surface area contributed by atoms with Crippen molar-refractivity contribution in [1.82, 2.24) is 15.5 Å². The summed E-state index contributed by atoms with van der Waals surface area (Å²) in [4.78, 5) is 25.0. The number of carbonyl (C=O) groups is 2. The summed E-state index contributed by atoms with van der Waals surface area (Å²) >= 11 is 0. The highest BCUT2D eigenvalue weighted by molar-refractivity contribution is 5.78. The summed E-state index contributed by atoms with van der Waals surface area (Å²) < 4.78 is 13.2. The van der Waals surface area contributed by atoms with Gasteiger partial charge in [0.1, 0.15) is 5.82 Å². The first kappa shape index (κ1) is 14.8. The van der Waals surface area contributed by atoms with Crippen LogP contribution in [-0.4, -0.2) is 42.5 Å². The van der Waals surface area contributed by atoms with E-state index in [1.807, 2.05) is 6.07 Å². The molecule has 0 bridgehead atoms. The molecule has 1 heterocycles. The van der Waals surface area contributed by atoms with Crippen molar-refractivity contribution in [3.8, 4) is 0 Å². The van der Waals surface area contributed by atoms with Gasteiger partial charge in [0.25, 0.3) is 0 Å². The van der Waals surface area contributed by atoms with E-state index in [4.69, 9.17) is 0 Å². The van der Waals surface area contributed by atoms with Gasteiger partial charge < -0.3 is 15.5 Å². The summed E-state index contributed by atoms with van der Waals surface area (Å²) in [7, 11) is 1.74. The van der Waals surface area contributed by atoms with Crippen molar-refractivity contribution in [2.24, 2.45) is 0 Å². The van der Waals surface area contributed by atoms with Gasteiger partial charge in [0.15, 0.2) is 0 Å². The lowest BCUT2D eigenvalue weighted by atomic mass is 10.1. The molecule has 5 nitrogen and oxygen atoms in total. The largest absolute Gasteiger partial charge is 0.344 e. The number of hydrogen-bond acceptors (Lipinski definition) is 2. The Morgan fingerprint density at radius 1 is 1.36 bits per heavy atom. The van der Waals surface area contributed by atoms with E-state index in [9.17, 15) is 14.0 Å². The highest BCUT2D eigenvalue weighted by Crippen LogP contribution is 2.40. The molecule has 2 fully saturated rings. The van der Waals surface area contributed by atoms with Crippen molar-refractivity contribution in [3.63, 3.8) is 0 Å². The van der Waals surface area contributed by atoms with Gasteiger partial charge in [-0.25, -0.2) is 9.18 Å². The van der Waals surface area contributed by atoms with Gasteiger partial charge >= 0.3 is 6.03 Å². The zero-order chi connectivity index (χ0) is 15.7. The van der Waals surface area contributed by atoms with Crippen molar-refractivity contribution < 1.29 is 14.0 Å². The second kappa shape index (κ2) is 5.94. The van der Waals surface area contributed by atoms with E-state index in [0.29, 0.717) is 19.4 Å². The number of nitrogens with one attached hydrogen (secondary N) is 2. The van der Waals surface area contributed by atoms with Crippen molar-refractivity contribution in [2.45, 2.75) is 37.3 Å². The number of nitrogens with zero attached hydrogens (tertiary/aromatic N) is 1. The van der Waals surface area contributed by atoms with Crippen LogP contribution in [0, 0.1) is 5.82 Å². The van der Waals surface area contributed by atoms with Gasteiger partial charge in [0.05, 0.1) is 0 Å². The van der Waals surface area contributed by atoms with Gasteiger partial charge in [0, 0.05) is 38.0 Å². The molecular weight excluding hydrogens is 285 g/mol. The quantitative estimate of drug-likeness (QED) is 0.891. The fourth-order valence-corrected chi connectivity index (χ4v) is 2.99. The fourth-order valence-electron chi connectivity index (χ4n) is 2.99. The lowest BCUT2D eigenvalue weighted by Gasteiger charge is -2.30. The summed E-state index contributed by atoms with van der Waals surface area (Å²) in [5.41, 5.74) is 0.924. The third-order valence-electron chi connectivity index (χ3n) is 4.35. The Hall–Kier alpha value is -2.11. The minimum atomic E-state index is -0.248. The van der Waals surface area contributed by atoms with Gasteiger partial charge in [-0.1, -0.05) is 12.1 Å². The van der Waals surface area contributed by atoms with Crippen LogP contribution in [0.3, 0.4) is 0 Å². The summed E-state index contributed by atoms with van der Waals surface area (Å²) in [6, 6.07) is 6.35. The third-order valence-corrected chi connectivity index (χ3v) is 4.35. The first-order chi connectivity index (χ1) is 10.5. The summed E-state index contributed by atoms with van der Waals surface area (Å²) in [6.07, 6.45) is 1.98. The van der Waals surface area contributed by atoms with Crippen LogP contribution in [-0.2, 0) is 4.79 Å². The van der Waals surface area contributed by atoms with Crippen LogP contribution < -0.4 is 10.6 Å². The highest BCUT2D eigenvalue weighted by Gasteiger charge is 2.40. The van der Waals surface area contributed by atoms with Crippen LogP contribution in [0.4, 0.5) is 9.18 Å². The standard InChI is InChI=1S/C16H20FN3O2/c1-20-9-12(5-6-15(20)21)18-16(22)19-14-8-13(14)10-3-2-4-11(17)7-10/h2-4,7,12-14H,5-6,8-9H2,1H3,(H2,18,19,22)/t12-,13+,14-/m1/s1. The zero-order valence-corrected chi connectivity index (χ0v) is 12.5. The molecule has 118 valence electrons. The normalized spacial score (nSPS) is 27.5. The zero-order valence-electron chi connectivity index (χ0n) is 12.5. The Bertz CT molecular complexity index is 593. The molecule has 1 aliphatic heterocycles. The second-order valence-electron chi connectivity index (χ2n) is 6.13. The molecule has 1 aromatic rings. The maximum Gasteiger partial charge on any atom is 0.315 e. The van der Waals surface area contributed by atoms with Crippen molar-refractivity contribution in [3.05, 3.63) is 35.6 Å². The van der Waals surface area contributed by atoms with E-state index >= 15 is 0 Å². The van der Waals surface area contributed by atoms with Gasteiger partial charge in [-0.2, -0.15) is 0 Å². The SMILES string of the molecule is CN1C[C@H](NC(=O)N[C@@H]2C[C@H]2c2cccc(F)c2)CCC1=O. The van der Waals surface area contributed by atoms with E-state index in [1.54, 1.807) is 18.0 Å². The second-order valence-corrected chi connectivity index (χ2v) is 6.13. The van der Waals surface area contributed by atoms with Crippen LogP contribution in [0.1, 0.15) is 30.7 Å². The van der Waals surface area contributed by atoms with Crippen molar-refractivity contribution in [1.29, 1.82) is 0 Å². The molecule has 2 aliphatic rings. The molecule has 3 atom stereocenters. The molecule has 0 spiro atoms. The Labute approximate surface area is 128 Å². The Kier molecular flexibility index (Phi) is 4.00. The number of rotatable bonds is 3. The third kappa shape index (κ3) is 3.37. The predicted molar refractivity (Wildman–Crippen MR) is 79.9 cm³/mol. The lowest BCUT2D eigenvalue weighted by Crippen LogP contribution is -2.51. The molecule has 0 radical (unpaired) electrons. The summed E-state index contributed by atoms with van der Waals surface area (Å²) in [5.74, 6) is 0.0615. The fraction of sp³-hybridized carbons (Fsp3) is 0.500. The number of piperidine rings is 1. The molecule has 0 aromatic heterocycles. The number of urea groups is 1. The van der Waals surface area contributed by atoms with Gasteiger partial charge in [0.2, 0.25) is 5.91 Å². The number of carbonyl (C=O) groups excluding carboxylic acids is 2. The minimum absolute atomic E-state index is 0.00549. The van der Waals surface area contributed by atoms with Crippen molar-refractivity contribution >= 4 is 11.9 Å². The van der Waals surface area contributed by atoms with Gasteiger partial charge in [-0.3, -0.25) is 4.79 Å². The number of benzene rings is 1. The van der Waals surface area contributed by atoms with Crippen LogP contribution >= 0.6 is 0 Å². The van der Waals surface area contributed by atoms with E-state index in [1.165, 1.54) is 12.1 Å².